The third-order valence-corrected chi connectivity index (χ3v) is 6.01. The average molecular weight is 527 g/mol. The molecule has 1 aromatic rings. The summed E-state index contributed by atoms with van der Waals surface area (Å²) >= 11 is 1.48. The molecule has 0 radical (unpaired) electrons. The maximum Gasteiger partial charge on any atom is 0.328 e. The number of carbonyl (C=O) groups excluding carboxylic acids is 3. The van der Waals surface area contributed by atoms with Crippen molar-refractivity contribution in [1.29, 1.82) is 0 Å². The molecule has 0 aliphatic carbocycles. The number of rotatable bonds is 15. The fourth-order valence-electron chi connectivity index (χ4n) is 3.39. The predicted octanol–water partition coefficient (Wildman–Crippen LogP) is -0.0190. The number of hydrogen-bond donors (Lipinski definition) is 7. The molecule has 8 N–H and O–H groups in total. The van der Waals surface area contributed by atoms with Gasteiger partial charge in [0.15, 0.2) is 6.04 Å². The molecule has 202 valence electrons. The van der Waals surface area contributed by atoms with Crippen LogP contribution in [0.1, 0.15) is 39.2 Å². The number of phenolic OH excluding ortho intramolecular Hbond substituents is 1. The van der Waals surface area contributed by atoms with Gasteiger partial charge in [-0.05, 0) is 55.4 Å². The largest absolute Gasteiger partial charge is 0.508 e. The number of thioether (sulfide) groups is 1. The van der Waals surface area contributed by atoms with Crippen LogP contribution in [-0.2, 0) is 25.6 Å². The lowest BCUT2D eigenvalue weighted by molar-refractivity contribution is -0.145. The molecular formula is C24H38N4O7S. The van der Waals surface area contributed by atoms with Crippen LogP contribution in [0.2, 0.25) is 0 Å². The quantitative estimate of drug-likeness (QED) is 0.165. The van der Waals surface area contributed by atoms with Crippen molar-refractivity contribution in [3.8, 4) is 5.75 Å². The molecule has 36 heavy (non-hydrogen) atoms. The topological polar surface area (TPSA) is 191 Å². The highest BCUT2D eigenvalue weighted by molar-refractivity contribution is 7.98. The Morgan fingerprint density at radius 3 is 2.00 bits per heavy atom. The molecule has 1 rings (SSSR count). The summed E-state index contributed by atoms with van der Waals surface area (Å²) in [5, 5.41) is 36.1. The lowest BCUT2D eigenvalue weighted by Crippen LogP contribution is -2.59. The van der Waals surface area contributed by atoms with E-state index in [1.165, 1.54) is 30.8 Å². The van der Waals surface area contributed by atoms with Gasteiger partial charge in [0, 0.05) is 6.42 Å². The van der Waals surface area contributed by atoms with E-state index in [1.807, 2.05) is 20.1 Å². The van der Waals surface area contributed by atoms with Gasteiger partial charge in [-0.2, -0.15) is 11.8 Å². The van der Waals surface area contributed by atoms with Crippen LogP contribution in [0.3, 0.4) is 0 Å². The third kappa shape index (κ3) is 10.8. The summed E-state index contributed by atoms with van der Waals surface area (Å²) in [7, 11) is 0. The SMILES string of the molecule is CSCCC(NC(=O)C(N)CC(C)C)C(=O)NC(Cc1ccc(O)cc1)C(=O)NC(C(=O)O)C(C)O. The summed E-state index contributed by atoms with van der Waals surface area (Å²) in [5.41, 5.74) is 6.54. The number of nitrogens with one attached hydrogen (secondary N) is 3. The number of aromatic hydroxyl groups is 1. The third-order valence-electron chi connectivity index (χ3n) is 5.36. The highest BCUT2D eigenvalue weighted by Gasteiger charge is 2.32. The monoisotopic (exact) mass is 526 g/mol. The Morgan fingerprint density at radius 1 is 0.944 bits per heavy atom. The number of carboxylic acids is 1. The van der Waals surface area contributed by atoms with Gasteiger partial charge in [-0.15, -0.1) is 0 Å². The van der Waals surface area contributed by atoms with Crippen molar-refractivity contribution in [1.82, 2.24) is 16.0 Å². The molecular weight excluding hydrogens is 488 g/mol. The van der Waals surface area contributed by atoms with Gasteiger partial charge >= 0.3 is 5.97 Å². The molecule has 5 atom stereocenters. The van der Waals surface area contributed by atoms with Crippen molar-refractivity contribution in [3.63, 3.8) is 0 Å². The van der Waals surface area contributed by atoms with E-state index in [1.54, 1.807) is 12.1 Å². The van der Waals surface area contributed by atoms with E-state index in [4.69, 9.17) is 5.73 Å². The number of aliphatic hydroxyl groups excluding tert-OH is 1. The summed E-state index contributed by atoms with van der Waals surface area (Å²) < 4.78 is 0. The maximum absolute atomic E-state index is 13.2. The molecule has 0 fully saturated rings. The number of carboxylic acid groups (broad SMARTS) is 1. The normalized spacial score (nSPS) is 15.3. The van der Waals surface area contributed by atoms with Gasteiger partial charge < -0.3 is 37.0 Å². The van der Waals surface area contributed by atoms with Gasteiger partial charge in [0.1, 0.15) is 17.8 Å². The van der Waals surface area contributed by atoms with Crippen LogP contribution < -0.4 is 21.7 Å². The van der Waals surface area contributed by atoms with Gasteiger partial charge in [-0.25, -0.2) is 4.79 Å². The van der Waals surface area contributed by atoms with Gasteiger partial charge in [0.25, 0.3) is 0 Å². The van der Waals surface area contributed by atoms with E-state index in [0.29, 0.717) is 17.7 Å². The van der Waals surface area contributed by atoms with E-state index in [0.717, 1.165) is 0 Å². The molecule has 0 saturated heterocycles. The smallest absolute Gasteiger partial charge is 0.328 e. The van der Waals surface area contributed by atoms with Crippen molar-refractivity contribution in [2.45, 2.75) is 70.3 Å². The second-order valence-corrected chi connectivity index (χ2v) is 10.1. The number of aliphatic carboxylic acids is 1. The summed E-state index contributed by atoms with van der Waals surface area (Å²) in [6, 6.07) is 1.38. The number of phenols is 1. The van der Waals surface area contributed by atoms with Crippen LogP contribution in [0, 0.1) is 5.92 Å². The summed E-state index contributed by atoms with van der Waals surface area (Å²) in [6.07, 6.45) is 1.16. The zero-order valence-electron chi connectivity index (χ0n) is 21.1. The minimum atomic E-state index is -1.59. The molecule has 0 saturated carbocycles. The first-order valence-electron chi connectivity index (χ1n) is 11.7. The van der Waals surface area contributed by atoms with E-state index in [2.05, 4.69) is 16.0 Å². The first-order chi connectivity index (χ1) is 16.8. The Morgan fingerprint density at radius 2 is 1.50 bits per heavy atom. The fraction of sp³-hybridized carbons (Fsp3) is 0.583. The molecule has 0 aliphatic rings. The van der Waals surface area contributed by atoms with Crippen LogP contribution in [-0.4, -0.2) is 81.3 Å². The zero-order chi connectivity index (χ0) is 27.4. The maximum atomic E-state index is 13.2. The number of aliphatic hydroxyl groups is 1. The molecule has 12 heteroatoms. The van der Waals surface area contributed by atoms with Crippen molar-refractivity contribution >= 4 is 35.5 Å². The molecule has 0 spiro atoms. The molecule has 0 heterocycles. The number of nitrogens with two attached hydrogens (primary N) is 1. The second-order valence-electron chi connectivity index (χ2n) is 9.08. The number of carbonyl (C=O) groups is 4. The van der Waals surface area contributed by atoms with Crippen molar-refractivity contribution in [2.75, 3.05) is 12.0 Å². The zero-order valence-corrected chi connectivity index (χ0v) is 21.9. The number of amides is 3. The highest BCUT2D eigenvalue weighted by atomic mass is 32.2. The van der Waals surface area contributed by atoms with Crippen molar-refractivity contribution in [2.24, 2.45) is 11.7 Å². The van der Waals surface area contributed by atoms with Crippen LogP contribution in [0.25, 0.3) is 0 Å². The average Bonchev–Trinajstić information content (AvgIpc) is 2.79. The molecule has 1 aromatic carbocycles. The van der Waals surface area contributed by atoms with Gasteiger partial charge in [0.2, 0.25) is 17.7 Å². The molecule has 0 bridgehead atoms. The first-order valence-corrected chi connectivity index (χ1v) is 13.1. The Hall–Kier alpha value is -2.83. The standard InChI is InChI=1S/C24H38N4O7S/c1-13(2)11-17(25)21(31)26-18(9-10-36-4)22(32)27-19(12-15-5-7-16(30)8-6-15)23(33)28-20(14(3)29)24(34)35/h5-8,13-14,17-20,29-30H,9-12,25H2,1-4H3,(H,26,31)(H,27,32)(H,28,33)(H,34,35). The molecule has 0 aliphatic heterocycles. The Balaban J connectivity index is 3.13. The highest BCUT2D eigenvalue weighted by Crippen LogP contribution is 2.13. The lowest BCUT2D eigenvalue weighted by Gasteiger charge is -2.26. The van der Waals surface area contributed by atoms with E-state index >= 15 is 0 Å². The molecule has 5 unspecified atom stereocenters. The summed E-state index contributed by atoms with van der Waals surface area (Å²) in [5.74, 6) is -2.62. The van der Waals surface area contributed by atoms with Gasteiger partial charge in [0.05, 0.1) is 12.1 Å². The van der Waals surface area contributed by atoms with E-state index in [9.17, 15) is 34.5 Å². The first kappa shape index (κ1) is 31.2. The minimum absolute atomic E-state index is 0.0152. The summed E-state index contributed by atoms with van der Waals surface area (Å²) in [6.45, 7) is 5.07. The van der Waals surface area contributed by atoms with Crippen LogP contribution >= 0.6 is 11.8 Å². The number of benzene rings is 1. The summed E-state index contributed by atoms with van der Waals surface area (Å²) in [4.78, 5) is 50.2. The molecule has 3 amide bonds. The predicted molar refractivity (Wildman–Crippen MR) is 137 cm³/mol. The van der Waals surface area contributed by atoms with Crippen LogP contribution in [0.5, 0.6) is 5.75 Å². The molecule has 11 nitrogen and oxygen atoms in total. The van der Waals surface area contributed by atoms with Gasteiger partial charge in [-0.1, -0.05) is 26.0 Å². The van der Waals surface area contributed by atoms with Crippen LogP contribution in [0.4, 0.5) is 0 Å². The van der Waals surface area contributed by atoms with Gasteiger partial charge in [-0.3, -0.25) is 14.4 Å². The second kappa shape index (κ2) is 15.3. The Labute approximate surface area is 215 Å². The molecule has 0 aromatic heterocycles. The fourth-order valence-corrected chi connectivity index (χ4v) is 3.86. The number of hydrogen-bond acceptors (Lipinski definition) is 8. The van der Waals surface area contributed by atoms with Crippen molar-refractivity contribution in [3.05, 3.63) is 29.8 Å². The van der Waals surface area contributed by atoms with E-state index < -0.39 is 54.0 Å². The van der Waals surface area contributed by atoms with E-state index in [-0.39, 0.29) is 24.5 Å². The van der Waals surface area contributed by atoms with Crippen molar-refractivity contribution < 1.29 is 34.5 Å². The Kier molecular flexibility index (Phi) is 13.3. The lowest BCUT2D eigenvalue weighted by atomic mass is 10.0. The minimum Gasteiger partial charge on any atom is -0.508 e. The Bertz CT molecular complexity index is 880. The van der Waals surface area contributed by atoms with Crippen LogP contribution in [0.15, 0.2) is 24.3 Å².